The summed E-state index contributed by atoms with van der Waals surface area (Å²) in [5, 5.41) is 8.65. The van der Waals surface area contributed by atoms with Crippen LogP contribution < -0.4 is 10.2 Å². The van der Waals surface area contributed by atoms with Crippen molar-refractivity contribution in [1.82, 2.24) is 5.43 Å². The highest BCUT2D eigenvalue weighted by Gasteiger charge is 2.07. The molecule has 4 heteroatoms. The van der Waals surface area contributed by atoms with Crippen molar-refractivity contribution in [1.29, 1.82) is 0 Å². The number of amides is 1. The Labute approximate surface area is 169 Å². The summed E-state index contributed by atoms with van der Waals surface area (Å²) in [6.07, 6.45) is 1.71. The SMILES string of the molecule is Cc1cccc(OCC(=O)N/N=C/c2c3ccccc3cc3ccccc23)c1C. The third-order valence-electron chi connectivity index (χ3n) is 5.11. The monoisotopic (exact) mass is 382 g/mol. The van der Waals surface area contributed by atoms with Crippen LogP contribution in [0.4, 0.5) is 0 Å². The Morgan fingerprint density at radius 3 is 2.28 bits per heavy atom. The molecule has 1 N–H and O–H groups in total. The first kappa shape index (κ1) is 18.7. The first-order valence-electron chi connectivity index (χ1n) is 9.55. The summed E-state index contributed by atoms with van der Waals surface area (Å²) in [7, 11) is 0. The van der Waals surface area contributed by atoms with Crippen molar-refractivity contribution in [3.05, 3.63) is 89.5 Å². The predicted molar refractivity (Wildman–Crippen MR) is 119 cm³/mol. The third kappa shape index (κ3) is 3.97. The van der Waals surface area contributed by atoms with Gasteiger partial charge in [-0.15, -0.1) is 0 Å². The van der Waals surface area contributed by atoms with E-state index < -0.39 is 0 Å². The fraction of sp³-hybridized carbons (Fsp3) is 0.120. The van der Waals surface area contributed by atoms with Crippen LogP contribution in [0.1, 0.15) is 16.7 Å². The lowest BCUT2D eigenvalue weighted by atomic mass is 9.97. The summed E-state index contributed by atoms with van der Waals surface area (Å²) in [6.45, 7) is 3.91. The number of carbonyl (C=O) groups is 1. The minimum atomic E-state index is -0.299. The van der Waals surface area contributed by atoms with E-state index >= 15 is 0 Å². The molecule has 0 heterocycles. The summed E-state index contributed by atoms with van der Waals surface area (Å²) in [5.74, 6) is 0.413. The summed E-state index contributed by atoms with van der Waals surface area (Å²) in [6, 6.07) is 24.3. The highest BCUT2D eigenvalue weighted by atomic mass is 16.5. The standard InChI is InChI=1S/C25H22N2O2/c1-17-8-7-13-24(18(17)2)29-16-25(28)27-26-15-23-21-11-5-3-9-19(21)14-20-10-4-6-12-22(20)23/h3-15H,16H2,1-2H3,(H,27,28)/b26-15+. The van der Waals surface area contributed by atoms with Crippen molar-refractivity contribution >= 4 is 33.7 Å². The maximum absolute atomic E-state index is 12.2. The molecule has 4 nitrogen and oxygen atoms in total. The van der Waals surface area contributed by atoms with Gasteiger partial charge < -0.3 is 4.74 Å². The molecule has 0 bridgehead atoms. The van der Waals surface area contributed by atoms with Crippen LogP contribution in [0, 0.1) is 13.8 Å². The van der Waals surface area contributed by atoms with Crippen molar-refractivity contribution in [3.8, 4) is 5.75 Å². The number of benzene rings is 4. The summed E-state index contributed by atoms with van der Waals surface area (Å²) in [5.41, 5.74) is 5.71. The molecule has 144 valence electrons. The lowest BCUT2D eigenvalue weighted by molar-refractivity contribution is -0.123. The molecule has 0 saturated heterocycles. The minimum absolute atomic E-state index is 0.0854. The van der Waals surface area contributed by atoms with E-state index in [0.29, 0.717) is 5.75 Å². The van der Waals surface area contributed by atoms with Gasteiger partial charge in [-0.3, -0.25) is 4.79 Å². The van der Waals surface area contributed by atoms with Gasteiger partial charge in [0.2, 0.25) is 0 Å². The fourth-order valence-corrected chi connectivity index (χ4v) is 3.41. The van der Waals surface area contributed by atoms with Crippen LogP contribution in [-0.2, 0) is 4.79 Å². The molecule has 0 aliphatic heterocycles. The Kier molecular flexibility index (Phi) is 5.25. The molecule has 0 radical (unpaired) electrons. The number of fused-ring (bicyclic) bond motifs is 2. The molecule has 0 unspecified atom stereocenters. The van der Waals surface area contributed by atoms with Gasteiger partial charge >= 0.3 is 0 Å². The first-order chi connectivity index (χ1) is 14.1. The second-order valence-corrected chi connectivity index (χ2v) is 7.01. The number of hydrogen-bond donors (Lipinski definition) is 1. The van der Waals surface area contributed by atoms with E-state index in [1.165, 1.54) is 0 Å². The maximum Gasteiger partial charge on any atom is 0.277 e. The average molecular weight is 382 g/mol. The Morgan fingerprint density at radius 2 is 1.59 bits per heavy atom. The second-order valence-electron chi connectivity index (χ2n) is 7.01. The molecule has 4 rings (SSSR count). The number of hydrazone groups is 1. The summed E-state index contributed by atoms with van der Waals surface area (Å²) in [4.78, 5) is 12.2. The van der Waals surface area contributed by atoms with Crippen LogP contribution in [0.3, 0.4) is 0 Å². The molecule has 0 saturated carbocycles. The molecule has 0 atom stereocenters. The Hall–Kier alpha value is -3.66. The number of carbonyl (C=O) groups excluding carboxylic acids is 1. The van der Waals surface area contributed by atoms with Crippen LogP contribution >= 0.6 is 0 Å². The third-order valence-corrected chi connectivity index (χ3v) is 5.11. The lowest BCUT2D eigenvalue weighted by Gasteiger charge is -2.10. The Bertz CT molecular complexity index is 1170. The molecular formula is C25H22N2O2. The zero-order valence-corrected chi connectivity index (χ0v) is 16.5. The first-order valence-corrected chi connectivity index (χ1v) is 9.55. The Balaban J connectivity index is 1.52. The van der Waals surface area contributed by atoms with Crippen molar-refractivity contribution in [2.75, 3.05) is 6.61 Å². The smallest absolute Gasteiger partial charge is 0.277 e. The van der Waals surface area contributed by atoms with Crippen molar-refractivity contribution in [2.45, 2.75) is 13.8 Å². The quantitative estimate of drug-likeness (QED) is 0.295. The minimum Gasteiger partial charge on any atom is -0.483 e. The molecule has 0 spiro atoms. The van der Waals surface area contributed by atoms with Gasteiger partial charge in [-0.25, -0.2) is 5.43 Å². The van der Waals surface area contributed by atoms with Gasteiger partial charge in [-0.1, -0.05) is 60.7 Å². The van der Waals surface area contributed by atoms with Crippen LogP contribution in [-0.4, -0.2) is 18.7 Å². The van der Waals surface area contributed by atoms with Gasteiger partial charge in [0.1, 0.15) is 5.75 Å². The number of nitrogens with zero attached hydrogens (tertiary/aromatic N) is 1. The molecular weight excluding hydrogens is 360 g/mol. The van der Waals surface area contributed by atoms with E-state index in [9.17, 15) is 4.79 Å². The zero-order valence-electron chi connectivity index (χ0n) is 16.5. The van der Waals surface area contributed by atoms with Gasteiger partial charge in [0.05, 0.1) is 6.21 Å². The second kappa shape index (κ2) is 8.15. The van der Waals surface area contributed by atoms with Crippen molar-refractivity contribution < 1.29 is 9.53 Å². The normalized spacial score (nSPS) is 11.2. The molecule has 0 aliphatic rings. The molecule has 0 aromatic heterocycles. The van der Waals surface area contributed by atoms with Crippen molar-refractivity contribution in [2.24, 2.45) is 5.10 Å². The van der Waals surface area contributed by atoms with Gasteiger partial charge in [-0.2, -0.15) is 5.10 Å². The van der Waals surface area contributed by atoms with Crippen LogP contribution in [0.15, 0.2) is 77.9 Å². The van der Waals surface area contributed by atoms with Crippen LogP contribution in [0.2, 0.25) is 0 Å². The maximum atomic E-state index is 12.2. The number of nitrogens with one attached hydrogen (secondary N) is 1. The van der Waals surface area contributed by atoms with E-state index in [1.54, 1.807) is 6.21 Å². The van der Waals surface area contributed by atoms with Gasteiger partial charge in [0, 0.05) is 5.56 Å². The van der Waals surface area contributed by atoms with Gasteiger partial charge in [-0.05, 0) is 58.7 Å². The van der Waals surface area contributed by atoms with Gasteiger partial charge in [0.15, 0.2) is 6.61 Å². The van der Waals surface area contributed by atoms with E-state index in [0.717, 1.165) is 38.2 Å². The predicted octanol–water partition coefficient (Wildman–Crippen LogP) is 5.14. The highest BCUT2D eigenvalue weighted by molar-refractivity contribution is 6.13. The van der Waals surface area contributed by atoms with E-state index in [-0.39, 0.29) is 12.5 Å². The number of aryl methyl sites for hydroxylation is 1. The molecule has 4 aromatic rings. The number of ether oxygens (including phenoxy) is 1. The zero-order chi connectivity index (χ0) is 20.2. The number of rotatable bonds is 5. The highest BCUT2D eigenvalue weighted by Crippen LogP contribution is 2.27. The lowest BCUT2D eigenvalue weighted by Crippen LogP contribution is -2.24. The molecule has 0 aliphatic carbocycles. The van der Waals surface area contributed by atoms with Crippen LogP contribution in [0.25, 0.3) is 21.5 Å². The summed E-state index contributed by atoms with van der Waals surface area (Å²) < 4.78 is 5.64. The topological polar surface area (TPSA) is 50.7 Å². The largest absolute Gasteiger partial charge is 0.483 e. The molecule has 1 amide bonds. The van der Waals surface area contributed by atoms with E-state index in [4.69, 9.17) is 4.74 Å². The fourth-order valence-electron chi connectivity index (χ4n) is 3.41. The van der Waals surface area contributed by atoms with Crippen LogP contribution in [0.5, 0.6) is 5.75 Å². The molecule has 29 heavy (non-hydrogen) atoms. The Morgan fingerprint density at radius 1 is 0.931 bits per heavy atom. The number of hydrogen-bond acceptors (Lipinski definition) is 3. The average Bonchev–Trinajstić information content (AvgIpc) is 2.74. The molecule has 4 aromatic carbocycles. The van der Waals surface area contributed by atoms with Crippen molar-refractivity contribution in [3.63, 3.8) is 0 Å². The summed E-state index contributed by atoms with van der Waals surface area (Å²) >= 11 is 0. The van der Waals surface area contributed by atoms with Gasteiger partial charge in [0.25, 0.3) is 5.91 Å². The molecule has 0 fully saturated rings. The van der Waals surface area contributed by atoms with E-state index in [2.05, 4.69) is 40.9 Å². The van der Waals surface area contributed by atoms with E-state index in [1.807, 2.05) is 56.3 Å².